The second kappa shape index (κ2) is 10.6. The summed E-state index contributed by atoms with van der Waals surface area (Å²) in [5.41, 5.74) is 7.65. The van der Waals surface area contributed by atoms with Crippen LogP contribution in [0.4, 0.5) is 4.79 Å². The second-order valence-electron chi connectivity index (χ2n) is 8.09. The van der Waals surface area contributed by atoms with E-state index in [9.17, 15) is 14.4 Å². The zero-order valence-corrected chi connectivity index (χ0v) is 19.4. The molecule has 0 fully saturated rings. The van der Waals surface area contributed by atoms with Crippen molar-refractivity contribution in [3.05, 3.63) is 95.1 Å². The van der Waals surface area contributed by atoms with Crippen LogP contribution in [0.2, 0.25) is 0 Å². The van der Waals surface area contributed by atoms with E-state index >= 15 is 0 Å². The highest BCUT2D eigenvalue weighted by Crippen LogP contribution is 2.19. The van der Waals surface area contributed by atoms with Crippen molar-refractivity contribution in [3.8, 4) is 0 Å². The molecular weight excluding hydrogens is 448 g/mol. The van der Waals surface area contributed by atoms with Crippen LogP contribution in [0.5, 0.6) is 0 Å². The quantitative estimate of drug-likeness (QED) is 0.304. The van der Waals surface area contributed by atoms with Crippen molar-refractivity contribution in [2.75, 3.05) is 0 Å². The van der Waals surface area contributed by atoms with E-state index in [2.05, 4.69) is 21.2 Å². The molecule has 9 nitrogen and oxygen atoms in total. The molecule has 1 atom stereocenters. The molecule has 0 bridgehead atoms. The number of carbonyl (C=O) groups excluding carboxylic acids is 3. The summed E-state index contributed by atoms with van der Waals surface area (Å²) < 4.78 is 10.7. The Morgan fingerprint density at radius 2 is 1.74 bits per heavy atom. The SMILES string of the molecule is Cc1cc(C(=O)NNC(=O)C(Cc2c[nH]c3ccccc23)NC(=O)OCc2ccccc2)c(C)o1. The van der Waals surface area contributed by atoms with Crippen LogP contribution in [0.25, 0.3) is 10.9 Å². The summed E-state index contributed by atoms with van der Waals surface area (Å²) in [6.45, 7) is 3.45. The molecule has 0 saturated heterocycles. The fraction of sp³-hybridized carbons (Fsp3) is 0.192. The highest BCUT2D eigenvalue weighted by atomic mass is 16.5. The van der Waals surface area contributed by atoms with Gasteiger partial charge in [0.1, 0.15) is 24.2 Å². The molecule has 4 N–H and O–H groups in total. The van der Waals surface area contributed by atoms with E-state index in [4.69, 9.17) is 9.15 Å². The number of aromatic amines is 1. The maximum atomic E-state index is 13.0. The third-order valence-corrected chi connectivity index (χ3v) is 5.51. The van der Waals surface area contributed by atoms with Crippen LogP contribution in [0, 0.1) is 13.8 Å². The second-order valence-corrected chi connectivity index (χ2v) is 8.09. The molecule has 3 amide bonds. The van der Waals surface area contributed by atoms with E-state index < -0.39 is 23.9 Å². The number of benzene rings is 2. The van der Waals surface area contributed by atoms with Gasteiger partial charge in [0.05, 0.1) is 5.56 Å². The van der Waals surface area contributed by atoms with E-state index in [0.717, 1.165) is 22.0 Å². The number of amides is 3. The fourth-order valence-corrected chi connectivity index (χ4v) is 3.77. The molecule has 9 heteroatoms. The van der Waals surface area contributed by atoms with Gasteiger partial charge in [0.15, 0.2) is 0 Å². The summed E-state index contributed by atoms with van der Waals surface area (Å²) in [7, 11) is 0. The Morgan fingerprint density at radius 3 is 2.49 bits per heavy atom. The summed E-state index contributed by atoms with van der Waals surface area (Å²) >= 11 is 0. The number of nitrogens with one attached hydrogen (secondary N) is 4. The van der Waals surface area contributed by atoms with Crippen molar-refractivity contribution in [1.82, 2.24) is 21.2 Å². The van der Waals surface area contributed by atoms with Crippen LogP contribution in [0.15, 0.2) is 71.3 Å². The number of aryl methyl sites for hydroxylation is 2. The lowest BCUT2D eigenvalue weighted by atomic mass is 10.0. The van der Waals surface area contributed by atoms with Crippen LogP contribution >= 0.6 is 0 Å². The predicted octanol–water partition coefficient (Wildman–Crippen LogP) is 3.68. The number of carbonyl (C=O) groups is 3. The van der Waals surface area contributed by atoms with Gasteiger partial charge in [-0.2, -0.15) is 0 Å². The van der Waals surface area contributed by atoms with Gasteiger partial charge in [-0.05, 0) is 37.1 Å². The largest absolute Gasteiger partial charge is 0.466 e. The Balaban J connectivity index is 1.45. The molecule has 35 heavy (non-hydrogen) atoms. The minimum Gasteiger partial charge on any atom is -0.466 e. The van der Waals surface area contributed by atoms with Gasteiger partial charge in [0, 0.05) is 23.5 Å². The van der Waals surface area contributed by atoms with E-state index in [0.29, 0.717) is 17.1 Å². The van der Waals surface area contributed by atoms with Gasteiger partial charge in [0.2, 0.25) is 0 Å². The molecular formula is C26H26N4O5. The molecule has 0 aliphatic heterocycles. The highest BCUT2D eigenvalue weighted by Gasteiger charge is 2.24. The Labute approximate surface area is 201 Å². The number of furan rings is 1. The molecule has 0 spiro atoms. The van der Waals surface area contributed by atoms with E-state index in [1.165, 1.54) is 0 Å². The number of fused-ring (bicyclic) bond motifs is 1. The number of hydrogen-bond donors (Lipinski definition) is 4. The van der Waals surface area contributed by atoms with Gasteiger partial charge in [-0.15, -0.1) is 0 Å². The first kappa shape index (κ1) is 23.6. The van der Waals surface area contributed by atoms with Gasteiger partial charge < -0.3 is 19.5 Å². The summed E-state index contributed by atoms with van der Waals surface area (Å²) in [6, 6.07) is 17.4. The number of hydrazine groups is 1. The van der Waals surface area contributed by atoms with Crippen LogP contribution in [0.3, 0.4) is 0 Å². The zero-order valence-electron chi connectivity index (χ0n) is 19.4. The van der Waals surface area contributed by atoms with Crippen LogP contribution in [-0.4, -0.2) is 28.9 Å². The monoisotopic (exact) mass is 474 g/mol. The number of rotatable bonds is 7. The number of alkyl carbamates (subject to hydrolysis) is 1. The van der Waals surface area contributed by atoms with Gasteiger partial charge in [-0.3, -0.25) is 20.4 Å². The zero-order chi connectivity index (χ0) is 24.8. The number of aromatic nitrogens is 1. The lowest BCUT2D eigenvalue weighted by molar-refractivity contribution is -0.123. The summed E-state index contributed by atoms with van der Waals surface area (Å²) in [5, 5.41) is 3.54. The van der Waals surface area contributed by atoms with E-state index in [1.54, 1.807) is 26.1 Å². The molecule has 0 radical (unpaired) electrons. The molecule has 2 heterocycles. The van der Waals surface area contributed by atoms with Crippen molar-refractivity contribution < 1.29 is 23.5 Å². The molecule has 2 aromatic carbocycles. The maximum absolute atomic E-state index is 13.0. The first-order valence-corrected chi connectivity index (χ1v) is 11.1. The molecule has 4 rings (SSSR count). The van der Waals surface area contributed by atoms with Crippen molar-refractivity contribution in [2.45, 2.75) is 32.9 Å². The normalized spacial score (nSPS) is 11.6. The minimum absolute atomic E-state index is 0.0595. The Morgan fingerprint density at radius 1 is 1.00 bits per heavy atom. The third-order valence-electron chi connectivity index (χ3n) is 5.51. The summed E-state index contributed by atoms with van der Waals surface area (Å²) in [6.07, 6.45) is 1.22. The lowest BCUT2D eigenvalue weighted by Crippen LogP contribution is -2.53. The average Bonchev–Trinajstić information content (AvgIpc) is 3.43. The van der Waals surface area contributed by atoms with Gasteiger partial charge in [-0.1, -0.05) is 48.5 Å². The summed E-state index contributed by atoms with van der Waals surface area (Å²) in [5.74, 6) is -0.102. The fourth-order valence-electron chi connectivity index (χ4n) is 3.77. The van der Waals surface area contributed by atoms with Crippen molar-refractivity contribution in [2.24, 2.45) is 0 Å². The minimum atomic E-state index is -1.01. The first-order chi connectivity index (χ1) is 16.9. The number of hydrogen-bond acceptors (Lipinski definition) is 5. The number of ether oxygens (including phenoxy) is 1. The number of H-pyrrole nitrogens is 1. The summed E-state index contributed by atoms with van der Waals surface area (Å²) in [4.78, 5) is 41.2. The van der Waals surface area contributed by atoms with Gasteiger partial charge in [-0.25, -0.2) is 4.79 Å². The Kier molecular flexibility index (Phi) is 7.15. The van der Waals surface area contributed by atoms with Crippen molar-refractivity contribution >= 4 is 28.8 Å². The average molecular weight is 475 g/mol. The number of para-hydroxylation sites is 1. The topological polar surface area (TPSA) is 125 Å². The van der Waals surface area contributed by atoms with Gasteiger partial charge in [0.25, 0.3) is 11.8 Å². The molecule has 2 aromatic heterocycles. The molecule has 180 valence electrons. The molecule has 4 aromatic rings. The Hall–Kier alpha value is -4.53. The molecule has 1 unspecified atom stereocenters. The van der Waals surface area contributed by atoms with Crippen LogP contribution < -0.4 is 16.2 Å². The Bertz CT molecular complexity index is 1340. The maximum Gasteiger partial charge on any atom is 0.408 e. The van der Waals surface area contributed by atoms with Crippen LogP contribution in [0.1, 0.15) is 33.0 Å². The van der Waals surface area contributed by atoms with Crippen LogP contribution in [-0.2, 0) is 22.6 Å². The highest BCUT2D eigenvalue weighted by molar-refractivity contribution is 5.97. The lowest BCUT2D eigenvalue weighted by Gasteiger charge is -2.18. The van der Waals surface area contributed by atoms with Crippen molar-refractivity contribution in [3.63, 3.8) is 0 Å². The van der Waals surface area contributed by atoms with Crippen molar-refractivity contribution in [1.29, 1.82) is 0 Å². The smallest absolute Gasteiger partial charge is 0.408 e. The third kappa shape index (κ3) is 5.89. The standard InChI is InChI=1S/C26H26N4O5/c1-16-12-21(17(2)35-16)24(31)29-30-25(32)23(13-19-14-27-22-11-7-6-10-20(19)22)28-26(33)34-15-18-8-4-3-5-9-18/h3-12,14,23,27H,13,15H2,1-2H3,(H,28,33)(H,29,31)(H,30,32). The predicted molar refractivity (Wildman–Crippen MR) is 129 cm³/mol. The first-order valence-electron chi connectivity index (χ1n) is 11.1. The molecule has 0 aliphatic carbocycles. The molecule has 0 aliphatic rings. The molecule has 0 saturated carbocycles. The van der Waals surface area contributed by atoms with E-state index in [1.807, 2.05) is 54.6 Å². The van der Waals surface area contributed by atoms with E-state index in [-0.39, 0.29) is 13.0 Å². The van der Waals surface area contributed by atoms with Gasteiger partial charge >= 0.3 is 6.09 Å².